The van der Waals surface area contributed by atoms with Crippen molar-refractivity contribution in [2.75, 3.05) is 19.8 Å². The molecule has 1 aromatic heterocycles. The second-order valence-corrected chi connectivity index (χ2v) is 5.16. The van der Waals surface area contributed by atoms with E-state index in [-0.39, 0.29) is 5.92 Å². The number of hydrogen-bond donors (Lipinski definition) is 2. The molecule has 3 N–H and O–H groups in total. The van der Waals surface area contributed by atoms with E-state index in [0.29, 0.717) is 31.3 Å². The second kappa shape index (κ2) is 5.79. The van der Waals surface area contributed by atoms with Crippen molar-refractivity contribution in [2.24, 2.45) is 5.73 Å². The highest BCUT2D eigenvalue weighted by atomic mass is 16.6. The van der Waals surface area contributed by atoms with Crippen LogP contribution in [-0.4, -0.2) is 24.9 Å². The SMILES string of the molecule is Cc1ccoc1C(O)C(CN)c1ccc2c(c1)OCCO2. The zero-order chi connectivity index (χ0) is 14.8. The Morgan fingerprint density at radius 2 is 1.95 bits per heavy atom. The Hall–Kier alpha value is -1.98. The molecule has 0 aliphatic carbocycles. The van der Waals surface area contributed by atoms with Gasteiger partial charge in [0.05, 0.1) is 6.26 Å². The molecule has 1 aromatic carbocycles. The number of furan rings is 1. The molecule has 0 fully saturated rings. The summed E-state index contributed by atoms with van der Waals surface area (Å²) in [6.07, 6.45) is 0.790. The third kappa shape index (κ3) is 2.62. The first-order chi connectivity index (χ1) is 10.2. The van der Waals surface area contributed by atoms with Crippen LogP contribution in [0.4, 0.5) is 0 Å². The predicted molar refractivity (Wildman–Crippen MR) is 77.6 cm³/mol. The van der Waals surface area contributed by atoms with E-state index in [2.05, 4.69) is 0 Å². The molecule has 0 saturated heterocycles. The van der Waals surface area contributed by atoms with Gasteiger partial charge in [-0.05, 0) is 36.2 Å². The van der Waals surface area contributed by atoms with E-state index in [4.69, 9.17) is 19.6 Å². The summed E-state index contributed by atoms with van der Waals surface area (Å²) in [6.45, 7) is 3.30. The highest BCUT2D eigenvalue weighted by molar-refractivity contribution is 5.45. The van der Waals surface area contributed by atoms with Crippen molar-refractivity contribution in [1.29, 1.82) is 0 Å². The van der Waals surface area contributed by atoms with Crippen molar-refractivity contribution >= 4 is 0 Å². The van der Waals surface area contributed by atoms with Crippen LogP contribution in [0.1, 0.15) is 28.9 Å². The van der Waals surface area contributed by atoms with Crippen LogP contribution >= 0.6 is 0 Å². The van der Waals surface area contributed by atoms with Gasteiger partial charge in [0.2, 0.25) is 0 Å². The summed E-state index contributed by atoms with van der Waals surface area (Å²) in [4.78, 5) is 0. The molecule has 2 aromatic rings. The highest BCUT2D eigenvalue weighted by Crippen LogP contribution is 2.37. The average molecular weight is 289 g/mol. The Balaban J connectivity index is 1.91. The summed E-state index contributed by atoms with van der Waals surface area (Å²) >= 11 is 0. The van der Waals surface area contributed by atoms with Crippen LogP contribution in [0.3, 0.4) is 0 Å². The van der Waals surface area contributed by atoms with Gasteiger partial charge in [0.15, 0.2) is 11.5 Å². The lowest BCUT2D eigenvalue weighted by Gasteiger charge is -2.24. The standard InChI is InChI=1S/C16H19NO4/c1-10-4-5-21-16(10)15(18)12(9-17)11-2-3-13-14(8-11)20-7-6-19-13/h2-5,8,12,15,18H,6-7,9,17H2,1H3. The molecule has 1 aliphatic heterocycles. The number of aryl methyl sites for hydroxylation is 1. The zero-order valence-corrected chi connectivity index (χ0v) is 11.9. The van der Waals surface area contributed by atoms with Crippen LogP contribution in [0.15, 0.2) is 34.9 Å². The minimum Gasteiger partial charge on any atom is -0.486 e. The van der Waals surface area contributed by atoms with Crippen molar-refractivity contribution in [3.63, 3.8) is 0 Å². The van der Waals surface area contributed by atoms with Crippen LogP contribution in [0, 0.1) is 6.92 Å². The van der Waals surface area contributed by atoms with Crippen LogP contribution in [0.2, 0.25) is 0 Å². The summed E-state index contributed by atoms with van der Waals surface area (Å²) in [5, 5.41) is 10.6. The smallest absolute Gasteiger partial charge is 0.161 e. The lowest BCUT2D eigenvalue weighted by Crippen LogP contribution is -2.21. The van der Waals surface area contributed by atoms with Gasteiger partial charge in [0.1, 0.15) is 25.1 Å². The Morgan fingerprint density at radius 1 is 1.19 bits per heavy atom. The fourth-order valence-corrected chi connectivity index (χ4v) is 2.61. The number of hydrogen-bond acceptors (Lipinski definition) is 5. The van der Waals surface area contributed by atoms with E-state index in [0.717, 1.165) is 16.9 Å². The van der Waals surface area contributed by atoms with Gasteiger partial charge < -0.3 is 24.7 Å². The number of benzene rings is 1. The quantitative estimate of drug-likeness (QED) is 0.901. The molecule has 112 valence electrons. The van der Waals surface area contributed by atoms with Crippen molar-refractivity contribution in [3.05, 3.63) is 47.4 Å². The first kappa shape index (κ1) is 14.0. The highest BCUT2D eigenvalue weighted by Gasteiger charge is 2.26. The summed E-state index contributed by atoms with van der Waals surface area (Å²) in [5.74, 6) is 1.72. The number of rotatable bonds is 4. The first-order valence-corrected chi connectivity index (χ1v) is 7.02. The fourth-order valence-electron chi connectivity index (χ4n) is 2.61. The maximum absolute atomic E-state index is 10.6. The maximum atomic E-state index is 10.6. The van der Waals surface area contributed by atoms with Crippen molar-refractivity contribution in [1.82, 2.24) is 0 Å². The molecule has 0 bridgehead atoms. The number of aliphatic hydroxyl groups is 1. The van der Waals surface area contributed by atoms with E-state index < -0.39 is 6.10 Å². The topological polar surface area (TPSA) is 77.9 Å². The van der Waals surface area contributed by atoms with E-state index in [9.17, 15) is 5.11 Å². The largest absolute Gasteiger partial charge is 0.486 e. The number of aliphatic hydroxyl groups excluding tert-OH is 1. The Kier molecular flexibility index (Phi) is 3.86. The molecule has 2 unspecified atom stereocenters. The van der Waals surface area contributed by atoms with Gasteiger partial charge in [0.25, 0.3) is 0 Å². The monoisotopic (exact) mass is 289 g/mol. The van der Waals surface area contributed by atoms with E-state index in [1.54, 1.807) is 6.26 Å². The molecule has 0 amide bonds. The molecule has 2 heterocycles. The van der Waals surface area contributed by atoms with Gasteiger partial charge in [-0.3, -0.25) is 0 Å². The van der Waals surface area contributed by atoms with Crippen molar-refractivity contribution in [2.45, 2.75) is 18.9 Å². The second-order valence-electron chi connectivity index (χ2n) is 5.16. The molecule has 5 heteroatoms. The Morgan fingerprint density at radius 3 is 2.62 bits per heavy atom. The lowest BCUT2D eigenvalue weighted by atomic mass is 9.90. The minimum absolute atomic E-state index is 0.259. The minimum atomic E-state index is -0.785. The summed E-state index contributed by atoms with van der Waals surface area (Å²) in [5.41, 5.74) is 7.69. The van der Waals surface area contributed by atoms with Gasteiger partial charge in [-0.2, -0.15) is 0 Å². The van der Waals surface area contributed by atoms with Gasteiger partial charge in [-0.1, -0.05) is 6.07 Å². The molecule has 2 atom stereocenters. The summed E-state index contributed by atoms with van der Waals surface area (Å²) < 4.78 is 16.5. The summed E-state index contributed by atoms with van der Waals surface area (Å²) in [7, 11) is 0. The molecule has 1 aliphatic rings. The molecule has 3 rings (SSSR count). The van der Waals surface area contributed by atoms with Gasteiger partial charge in [-0.25, -0.2) is 0 Å². The van der Waals surface area contributed by atoms with E-state index in [1.807, 2.05) is 31.2 Å². The average Bonchev–Trinajstić information content (AvgIpc) is 2.94. The molecular weight excluding hydrogens is 270 g/mol. The number of ether oxygens (including phenoxy) is 2. The predicted octanol–water partition coefficient (Wildman–Crippen LogP) is 2.14. The van der Waals surface area contributed by atoms with Crippen LogP contribution in [-0.2, 0) is 0 Å². The lowest BCUT2D eigenvalue weighted by molar-refractivity contribution is 0.120. The van der Waals surface area contributed by atoms with E-state index >= 15 is 0 Å². The van der Waals surface area contributed by atoms with Gasteiger partial charge >= 0.3 is 0 Å². The third-order valence-corrected chi connectivity index (χ3v) is 3.80. The fraction of sp³-hybridized carbons (Fsp3) is 0.375. The first-order valence-electron chi connectivity index (χ1n) is 7.02. The molecule has 21 heavy (non-hydrogen) atoms. The van der Waals surface area contributed by atoms with E-state index in [1.165, 1.54) is 0 Å². The number of fused-ring (bicyclic) bond motifs is 1. The normalized spacial score (nSPS) is 16.5. The molecule has 5 nitrogen and oxygen atoms in total. The van der Waals surface area contributed by atoms with Crippen LogP contribution in [0.25, 0.3) is 0 Å². The Bertz CT molecular complexity index is 622. The third-order valence-electron chi connectivity index (χ3n) is 3.80. The maximum Gasteiger partial charge on any atom is 0.161 e. The number of nitrogens with two attached hydrogens (primary N) is 1. The Labute approximate surface area is 123 Å². The van der Waals surface area contributed by atoms with Crippen molar-refractivity contribution < 1.29 is 19.0 Å². The molecular formula is C16H19NO4. The molecule has 0 spiro atoms. The zero-order valence-electron chi connectivity index (χ0n) is 11.9. The van der Waals surface area contributed by atoms with Crippen molar-refractivity contribution in [3.8, 4) is 11.5 Å². The molecule has 0 radical (unpaired) electrons. The van der Waals surface area contributed by atoms with Crippen LogP contribution < -0.4 is 15.2 Å². The van der Waals surface area contributed by atoms with Crippen LogP contribution in [0.5, 0.6) is 11.5 Å². The summed E-state index contributed by atoms with van der Waals surface area (Å²) in [6, 6.07) is 7.48. The van der Waals surface area contributed by atoms with Gasteiger partial charge in [-0.15, -0.1) is 0 Å². The van der Waals surface area contributed by atoms with Gasteiger partial charge in [0, 0.05) is 12.5 Å². The molecule has 0 saturated carbocycles.